The minimum absolute atomic E-state index is 0.204. The highest BCUT2D eigenvalue weighted by atomic mass is 16.2. The molecule has 0 aromatic carbocycles. The van der Waals surface area contributed by atoms with Crippen LogP contribution in [0.15, 0.2) is 0 Å². The Hall–Kier alpha value is -0.610. The van der Waals surface area contributed by atoms with Gasteiger partial charge in [0.05, 0.1) is 6.54 Å². The van der Waals surface area contributed by atoms with Gasteiger partial charge in [0.1, 0.15) is 0 Å². The summed E-state index contributed by atoms with van der Waals surface area (Å²) >= 11 is 0. The van der Waals surface area contributed by atoms with Crippen LogP contribution >= 0.6 is 0 Å². The molecule has 1 aliphatic heterocycles. The first-order valence-electron chi connectivity index (χ1n) is 8.73. The van der Waals surface area contributed by atoms with Gasteiger partial charge in [0.2, 0.25) is 5.91 Å². The van der Waals surface area contributed by atoms with E-state index in [0.29, 0.717) is 30.5 Å². The number of carbonyl (C=O) groups is 1. The zero-order valence-corrected chi connectivity index (χ0v) is 14.0. The van der Waals surface area contributed by atoms with Gasteiger partial charge in [0, 0.05) is 25.2 Å². The molecule has 0 bridgehead atoms. The van der Waals surface area contributed by atoms with E-state index in [1.54, 1.807) is 0 Å². The van der Waals surface area contributed by atoms with Gasteiger partial charge < -0.3 is 11.1 Å². The fourth-order valence-electron chi connectivity index (χ4n) is 3.93. The third-order valence-electron chi connectivity index (χ3n) is 5.37. The normalized spacial score (nSPS) is 32.3. The first-order valence-corrected chi connectivity index (χ1v) is 8.73. The molecule has 3 N–H and O–H groups in total. The molecule has 2 aliphatic rings. The first-order chi connectivity index (χ1) is 9.95. The lowest BCUT2D eigenvalue weighted by Gasteiger charge is -2.38. The topological polar surface area (TPSA) is 58.4 Å². The summed E-state index contributed by atoms with van der Waals surface area (Å²) in [5, 5.41) is 3.33. The zero-order valence-electron chi connectivity index (χ0n) is 14.0. The van der Waals surface area contributed by atoms with Crippen LogP contribution in [-0.4, -0.2) is 42.5 Å². The average molecular weight is 295 g/mol. The number of amides is 1. The van der Waals surface area contributed by atoms with Crippen molar-refractivity contribution in [2.75, 3.05) is 19.6 Å². The summed E-state index contributed by atoms with van der Waals surface area (Å²) in [4.78, 5) is 14.6. The van der Waals surface area contributed by atoms with Gasteiger partial charge in [-0.25, -0.2) is 0 Å². The van der Waals surface area contributed by atoms with E-state index < -0.39 is 0 Å². The van der Waals surface area contributed by atoms with Crippen LogP contribution in [0.3, 0.4) is 0 Å². The van der Waals surface area contributed by atoms with Crippen LogP contribution in [0.25, 0.3) is 0 Å². The Kier molecular flexibility index (Phi) is 6.06. The van der Waals surface area contributed by atoms with Crippen molar-refractivity contribution in [3.8, 4) is 0 Å². The monoisotopic (exact) mass is 295 g/mol. The Morgan fingerprint density at radius 1 is 1.24 bits per heavy atom. The number of likely N-dealkylation sites (tertiary alicyclic amines) is 1. The highest BCUT2D eigenvalue weighted by Crippen LogP contribution is 2.33. The molecule has 2 rings (SSSR count). The highest BCUT2D eigenvalue weighted by Gasteiger charge is 2.32. The number of piperidine rings is 1. The molecule has 21 heavy (non-hydrogen) atoms. The van der Waals surface area contributed by atoms with E-state index in [1.165, 1.54) is 12.8 Å². The summed E-state index contributed by atoms with van der Waals surface area (Å²) in [5.41, 5.74) is 5.92. The van der Waals surface area contributed by atoms with E-state index in [0.717, 1.165) is 38.3 Å². The maximum absolute atomic E-state index is 12.4. The van der Waals surface area contributed by atoms with Crippen LogP contribution in [0.4, 0.5) is 0 Å². The fourth-order valence-corrected chi connectivity index (χ4v) is 3.93. The molecule has 0 radical (unpaired) electrons. The zero-order chi connectivity index (χ0) is 15.4. The van der Waals surface area contributed by atoms with E-state index in [2.05, 4.69) is 31.0 Å². The molecule has 1 aliphatic carbocycles. The lowest BCUT2D eigenvalue weighted by molar-refractivity contribution is -0.124. The second kappa shape index (κ2) is 7.59. The van der Waals surface area contributed by atoms with Crippen LogP contribution in [-0.2, 0) is 4.79 Å². The van der Waals surface area contributed by atoms with Gasteiger partial charge in [0.25, 0.3) is 0 Å². The average Bonchev–Trinajstić information content (AvgIpc) is 2.41. The van der Waals surface area contributed by atoms with Crippen molar-refractivity contribution in [1.82, 2.24) is 10.2 Å². The quantitative estimate of drug-likeness (QED) is 0.834. The molecule has 3 unspecified atom stereocenters. The summed E-state index contributed by atoms with van der Waals surface area (Å²) in [6.07, 6.45) is 5.73. The van der Waals surface area contributed by atoms with Crippen molar-refractivity contribution >= 4 is 5.91 Å². The molecule has 122 valence electrons. The predicted octanol–water partition coefficient (Wildman–Crippen LogP) is 1.99. The number of hydrogen-bond donors (Lipinski definition) is 2. The Bertz CT molecular complexity index is 337. The molecule has 4 nitrogen and oxygen atoms in total. The molecule has 1 saturated carbocycles. The van der Waals surface area contributed by atoms with E-state index >= 15 is 0 Å². The summed E-state index contributed by atoms with van der Waals surface area (Å²) < 4.78 is 0. The SMILES string of the molecule is CC1CCC(C(C)C)C(NC(=O)CN2CCC(N)CC2)C1. The molecule has 0 aromatic heterocycles. The van der Waals surface area contributed by atoms with E-state index in [-0.39, 0.29) is 5.91 Å². The molecule has 1 amide bonds. The number of nitrogens with zero attached hydrogens (tertiary/aromatic N) is 1. The molecule has 0 spiro atoms. The van der Waals surface area contributed by atoms with Crippen molar-refractivity contribution in [3.63, 3.8) is 0 Å². The number of rotatable bonds is 4. The van der Waals surface area contributed by atoms with Gasteiger partial charge in [-0.2, -0.15) is 0 Å². The van der Waals surface area contributed by atoms with Crippen molar-refractivity contribution < 1.29 is 4.79 Å². The minimum Gasteiger partial charge on any atom is -0.352 e. The van der Waals surface area contributed by atoms with Crippen molar-refractivity contribution in [2.24, 2.45) is 23.5 Å². The van der Waals surface area contributed by atoms with Gasteiger partial charge in [0.15, 0.2) is 0 Å². The second-order valence-electron chi connectivity index (χ2n) is 7.61. The van der Waals surface area contributed by atoms with Crippen molar-refractivity contribution in [1.29, 1.82) is 0 Å². The number of carbonyl (C=O) groups excluding carboxylic acids is 1. The molecule has 1 heterocycles. The van der Waals surface area contributed by atoms with E-state index in [9.17, 15) is 4.79 Å². The van der Waals surface area contributed by atoms with Gasteiger partial charge in [-0.05, 0) is 43.4 Å². The summed E-state index contributed by atoms with van der Waals surface area (Å²) in [6.45, 7) is 9.34. The van der Waals surface area contributed by atoms with Crippen LogP contribution in [0, 0.1) is 17.8 Å². The maximum Gasteiger partial charge on any atom is 0.234 e. The van der Waals surface area contributed by atoms with E-state index in [1.807, 2.05) is 0 Å². The Balaban J connectivity index is 1.82. The van der Waals surface area contributed by atoms with Gasteiger partial charge >= 0.3 is 0 Å². The third-order valence-corrected chi connectivity index (χ3v) is 5.37. The maximum atomic E-state index is 12.4. The van der Waals surface area contributed by atoms with Gasteiger partial charge in [-0.15, -0.1) is 0 Å². The van der Waals surface area contributed by atoms with Crippen LogP contribution in [0.5, 0.6) is 0 Å². The smallest absolute Gasteiger partial charge is 0.234 e. The number of hydrogen-bond acceptors (Lipinski definition) is 3. The van der Waals surface area contributed by atoms with E-state index in [4.69, 9.17) is 5.73 Å². The molecular formula is C17H33N3O. The second-order valence-corrected chi connectivity index (χ2v) is 7.61. The summed E-state index contributed by atoms with van der Waals surface area (Å²) in [5.74, 6) is 2.23. The predicted molar refractivity (Wildman–Crippen MR) is 86.9 cm³/mol. The summed E-state index contributed by atoms with van der Waals surface area (Å²) in [6, 6.07) is 0.696. The van der Waals surface area contributed by atoms with Gasteiger partial charge in [-0.1, -0.05) is 27.2 Å². The van der Waals surface area contributed by atoms with Crippen LogP contribution < -0.4 is 11.1 Å². The number of nitrogens with two attached hydrogens (primary N) is 1. The van der Waals surface area contributed by atoms with Crippen LogP contribution in [0.2, 0.25) is 0 Å². The molecular weight excluding hydrogens is 262 g/mol. The van der Waals surface area contributed by atoms with Crippen LogP contribution in [0.1, 0.15) is 52.9 Å². The largest absolute Gasteiger partial charge is 0.352 e. The highest BCUT2D eigenvalue weighted by molar-refractivity contribution is 5.78. The summed E-state index contributed by atoms with van der Waals surface area (Å²) in [7, 11) is 0. The molecule has 2 fully saturated rings. The van der Waals surface area contributed by atoms with Crippen molar-refractivity contribution in [2.45, 2.75) is 65.0 Å². The molecule has 3 atom stereocenters. The molecule has 4 heteroatoms. The Morgan fingerprint density at radius 2 is 1.90 bits per heavy atom. The third kappa shape index (κ3) is 4.96. The minimum atomic E-state index is 0.204. The van der Waals surface area contributed by atoms with Crippen molar-refractivity contribution in [3.05, 3.63) is 0 Å². The molecule has 0 aromatic rings. The van der Waals surface area contributed by atoms with Gasteiger partial charge in [-0.3, -0.25) is 9.69 Å². The Morgan fingerprint density at radius 3 is 2.52 bits per heavy atom. The standard InChI is InChI=1S/C17H33N3O/c1-12(2)15-5-4-13(3)10-16(15)19-17(21)11-20-8-6-14(18)7-9-20/h12-16H,4-11,18H2,1-3H3,(H,19,21). The Labute approximate surface area is 129 Å². The first kappa shape index (κ1) is 16.8. The fraction of sp³-hybridized carbons (Fsp3) is 0.941. The molecule has 1 saturated heterocycles. The number of nitrogens with one attached hydrogen (secondary N) is 1. The lowest BCUT2D eigenvalue weighted by Crippen LogP contribution is -2.50. The lowest BCUT2D eigenvalue weighted by atomic mass is 9.74.